The molecule has 1 unspecified atom stereocenters. The fourth-order valence-corrected chi connectivity index (χ4v) is 2.37. The number of rotatable bonds is 2. The van der Waals surface area contributed by atoms with Crippen molar-refractivity contribution in [1.29, 1.82) is 0 Å². The summed E-state index contributed by atoms with van der Waals surface area (Å²) in [6.07, 6.45) is 1.98. The van der Waals surface area contributed by atoms with Gasteiger partial charge in [-0.3, -0.25) is 9.88 Å². The summed E-state index contributed by atoms with van der Waals surface area (Å²) in [7, 11) is 0. The molecule has 3 nitrogen and oxygen atoms in total. The first-order valence-electron chi connectivity index (χ1n) is 5.92. The van der Waals surface area contributed by atoms with E-state index >= 15 is 0 Å². The van der Waals surface area contributed by atoms with E-state index in [1.807, 2.05) is 26.0 Å². The maximum atomic E-state index is 10.0. The Kier molecular flexibility index (Phi) is 3.26. The van der Waals surface area contributed by atoms with Crippen LogP contribution in [0.3, 0.4) is 0 Å². The number of likely N-dealkylation sites (tertiary alicyclic amines) is 1. The Bertz CT molecular complexity index is 363. The maximum absolute atomic E-state index is 10.0. The number of hydrogen-bond donors (Lipinski definition) is 1. The minimum Gasteiger partial charge on any atom is -0.389 e. The second kappa shape index (κ2) is 4.52. The van der Waals surface area contributed by atoms with Crippen molar-refractivity contribution in [2.45, 2.75) is 38.8 Å². The first kappa shape index (κ1) is 11.6. The van der Waals surface area contributed by atoms with Gasteiger partial charge in [0.2, 0.25) is 0 Å². The first-order valence-corrected chi connectivity index (χ1v) is 5.92. The molecule has 2 heterocycles. The van der Waals surface area contributed by atoms with Crippen LogP contribution in [0.25, 0.3) is 0 Å². The molecule has 1 aromatic rings. The van der Waals surface area contributed by atoms with Gasteiger partial charge in [-0.25, -0.2) is 0 Å². The topological polar surface area (TPSA) is 36.4 Å². The van der Waals surface area contributed by atoms with E-state index in [2.05, 4.69) is 16.0 Å². The normalized spacial score (nSPS) is 26.9. The van der Waals surface area contributed by atoms with E-state index in [0.717, 1.165) is 43.9 Å². The van der Waals surface area contributed by atoms with Gasteiger partial charge in [-0.2, -0.15) is 0 Å². The van der Waals surface area contributed by atoms with E-state index in [9.17, 15) is 5.11 Å². The number of aryl methyl sites for hydroxylation is 1. The molecule has 0 spiro atoms. The number of hydrogen-bond acceptors (Lipinski definition) is 3. The van der Waals surface area contributed by atoms with E-state index in [4.69, 9.17) is 0 Å². The molecule has 0 saturated carbocycles. The molecule has 1 aliphatic heterocycles. The first-order chi connectivity index (χ1) is 7.55. The second-order valence-electron chi connectivity index (χ2n) is 5.08. The zero-order valence-electron chi connectivity index (χ0n) is 10.1. The van der Waals surface area contributed by atoms with Crippen molar-refractivity contribution in [3.63, 3.8) is 0 Å². The standard InChI is InChI=1S/C13H20N2O/c1-11-5-3-6-12(14-11)9-15-8-4-7-13(2,16)10-15/h3,5-6,16H,4,7-10H2,1-2H3. The Morgan fingerprint density at radius 2 is 2.31 bits per heavy atom. The van der Waals surface area contributed by atoms with Crippen LogP contribution in [-0.4, -0.2) is 33.7 Å². The molecular weight excluding hydrogens is 200 g/mol. The molecule has 1 saturated heterocycles. The van der Waals surface area contributed by atoms with Gasteiger partial charge in [0.25, 0.3) is 0 Å². The number of β-amino-alcohol motifs (C(OH)–C–C–N with tert-alkyl or cyclic N) is 1. The monoisotopic (exact) mass is 220 g/mol. The second-order valence-corrected chi connectivity index (χ2v) is 5.08. The molecule has 0 aliphatic carbocycles. The molecule has 1 fully saturated rings. The third-order valence-corrected chi connectivity index (χ3v) is 3.09. The van der Waals surface area contributed by atoms with Crippen LogP contribution in [0.4, 0.5) is 0 Å². The van der Waals surface area contributed by atoms with Gasteiger partial charge in [-0.1, -0.05) is 6.07 Å². The van der Waals surface area contributed by atoms with E-state index in [0.29, 0.717) is 0 Å². The molecule has 2 rings (SSSR count). The van der Waals surface area contributed by atoms with Gasteiger partial charge in [0, 0.05) is 18.8 Å². The number of nitrogens with zero attached hydrogens (tertiary/aromatic N) is 2. The fourth-order valence-electron chi connectivity index (χ4n) is 2.37. The molecule has 0 aromatic carbocycles. The quantitative estimate of drug-likeness (QED) is 0.824. The lowest BCUT2D eigenvalue weighted by atomic mass is 9.95. The summed E-state index contributed by atoms with van der Waals surface area (Å²) in [4.78, 5) is 6.77. The summed E-state index contributed by atoms with van der Waals surface area (Å²) >= 11 is 0. The highest BCUT2D eigenvalue weighted by Crippen LogP contribution is 2.21. The van der Waals surface area contributed by atoms with Crippen molar-refractivity contribution >= 4 is 0 Å². The van der Waals surface area contributed by atoms with Crippen LogP contribution in [0.5, 0.6) is 0 Å². The highest BCUT2D eigenvalue weighted by molar-refractivity contribution is 5.10. The third kappa shape index (κ3) is 3.03. The van der Waals surface area contributed by atoms with E-state index in [1.165, 1.54) is 0 Å². The summed E-state index contributed by atoms with van der Waals surface area (Å²) in [5.41, 5.74) is 1.63. The zero-order chi connectivity index (χ0) is 11.6. The smallest absolute Gasteiger partial charge is 0.0746 e. The predicted octanol–water partition coefficient (Wildman–Crippen LogP) is 1.74. The van der Waals surface area contributed by atoms with Gasteiger partial charge in [-0.15, -0.1) is 0 Å². The van der Waals surface area contributed by atoms with Crippen LogP contribution in [0.15, 0.2) is 18.2 Å². The summed E-state index contributed by atoms with van der Waals surface area (Å²) in [5, 5.41) is 10.0. The Morgan fingerprint density at radius 3 is 3.00 bits per heavy atom. The number of piperidine rings is 1. The summed E-state index contributed by atoms with van der Waals surface area (Å²) in [6.45, 7) is 6.59. The van der Waals surface area contributed by atoms with Gasteiger partial charge >= 0.3 is 0 Å². The van der Waals surface area contributed by atoms with Crippen molar-refractivity contribution < 1.29 is 5.11 Å². The number of aliphatic hydroxyl groups is 1. The van der Waals surface area contributed by atoms with Crippen molar-refractivity contribution in [3.05, 3.63) is 29.6 Å². The molecule has 1 atom stereocenters. The van der Waals surface area contributed by atoms with Gasteiger partial charge in [0.1, 0.15) is 0 Å². The summed E-state index contributed by atoms with van der Waals surface area (Å²) in [6, 6.07) is 6.10. The van der Waals surface area contributed by atoms with Crippen LogP contribution in [0, 0.1) is 6.92 Å². The molecule has 0 amide bonds. The van der Waals surface area contributed by atoms with E-state index < -0.39 is 5.60 Å². The van der Waals surface area contributed by atoms with Crippen molar-refractivity contribution in [2.75, 3.05) is 13.1 Å². The largest absolute Gasteiger partial charge is 0.389 e. The summed E-state index contributed by atoms with van der Waals surface area (Å²) < 4.78 is 0. The average Bonchev–Trinajstić information content (AvgIpc) is 2.15. The van der Waals surface area contributed by atoms with Crippen molar-refractivity contribution in [3.8, 4) is 0 Å². The Hall–Kier alpha value is -0.930. The molecule has 1 aromatic heterocycles. The van der Waals surface area contributed by atoms with Crippen LogP contribution in [0.1, 0.15) is 31.2 Å². The SMILES string of the molecule is Cc1cccc(CN2CCCC(C)(O)C2)n1. The molecule has 1 N–H and O–H groups in total. The van der Waals surface area contributed by atoms with E-state index in [1.54, 1.807) is 0 Å². The van der Waals surface area contributed by atoms with Gasteiger partial charge in [0.05, 0.1) is 11.3 Å². The fraction of sp³-hybridized carbons (Fsp3) is 0.615. The zero-order valence-corrected chi connectivity index (χ0v) is 10.1. The molecule has 16 heavy (non-hydrogen) atoms. The highest BCUT2D eigenvalue weighted by Gasteiger charge is 2.28. The lowest BCUT2D eigenvalue weighted by Crippen LogP contribution is -2.45. The minimum absolute atomic E-state index is 0.526. The van der Waals surface area contributed by atoms with Crippen LogP contribution < -0.4 is 0 Å². The average molecular weight is 220 g/mol. The Labute approximate surface area is 97.1 Å². The molecule has 88 valence electrons. The highest BCUT2D eigenvalue weighted by atomic mass is 16.3. The van der Waals surface area contributed by atoms with Gasteiger partial charge in [0.15, 0.2) is 0 Å². The van der Waals surface area contributed by atoms with E-state index in [-0.39, 0.29) is 0 Å². The van der Waals surface area contributed by atoms with Crippen molar-refractivity contribution in [2.24, 2.45) is 0 Å². The lowest BCUT2D eigenvalue weighted by Gasteiger charge is -2.36. The Morgan fingerprint density at radius 1 is 1.50 bits per heavy atom. The third-order valence-electron chi connectivity index (χ3n) is 3.09. The number of pyridine rings is 1. The Balaban J connectivity index is 1.99. The minimum atomic E-state index is -0.526. The molecule has 0 radical (unpaired) electrons. The molecule has 0 bridgehead atoms. The van der Waals surface area contributed by atoms with Crippen LogP contribution >= 0.6 is 0 Å². The predicted molar refractivity (Wildman–Crippen MR) is 64.1 cm³/mol. The van der Waals surface area contributed by atoms with Gasteiger partial charge < -0.3 is 5.11 Å². The molecule has 1 aliphatic rings. The molecular formula is C13H20N2O. The lowest BCUT2D eigenvalue weighted by molar-refractivity contribution is -0.0184. The number of aromatic nitrogens is 1. The maximum Gasteiger partial charge on any atom is 0.0746 e. The summed E-state index contributed by atoms with van der Waals surface area (Å²) in [5.74, 6) is 0. The van der Waals surface area contributed by atoms with Crippen molar-refractivity contribution in [1.82, 2.24) is 9.88 Å². The van der Waals surface area contributed by atoms with Crippen LogP contribution in [-0.2, 0) is 6.54 Å². The van der Waals surface area contributed by atoms with Gasteiger partial charge in [-0.05, 0) is 45.4 Å². The van der Waals surface area contributed by atoms with Crippen LogP contribution in [0.2, 0.25) is 0 Å². The molecule has 3 heteroatoms.